The van der Waals surface area contributed by atoms with Gasteiger partial charge >= 0.3 is 0 Å². The number of nitrogens with zero attached hydrogens (tertiary/aromatic N) is 3. The molecule has 6 heteroatoms. The second kappa shape index (κ2) is 5.95. The molecule has 1 aliphatic heterocycles. The number of rotatable bonds is 5. The molecule has 18 heavy (non-hydrogen) atoms. The van der Waals surface area contributed by atoms with E-state index in [9.17, 15) is 4.79 Å². The standard InChI is InChI=1S/C12H19N3O3/c1-3-4-10-13-14-12(18-10)9-5-6-15(7-9)11(16)8-17-2/h9H,3-8H2,1-2H3/t9-/m0/s1. The lowest BCUT2D eigenvalue weighted by Gasteiger charge is -2.14. The molecule has 0 N–H and O–H groups in total. The van der Waals surface area contributed by atoms with Crippen molar-refractivity contribution in [1.82, 2.24) is 15.1 Å². The van der Waals surface area contributed by atoms with Crippen molar-refractivity contribution in [2.24, 2.45) is 0 Å². The second-order valence-electron chi connectivity index (χ2n) is 4.54. The predicted octanol–water partition coefficient (Wildman–Crippen LogP) is 0.984. The molecule has 0 aliphatic carbocycles. The molecule has 0 bridgehead atoms. The van der Waals surface area contributed by atoms with Crippen LogP contribution in [-0.2, 0) is 16.0 Å². The molecule has 2 rings (SSSR count). The van der Waals surface area contributed by atoms with Crippen molar-refractivity contribution in [3.05, 3.63) is 11.8 Å². The van der Waals surface area contributed by atoms with E-state index < -0.39 is 0 Å². The summed E-state index contributed by atoms with van der Waals surface area (Å²) in [5.74, 6) is 1.54. The van der Waals surface area contributed by atoms with Gasteiger partial charge in [-0.25, -0.2) is 0 Å². The minimum absolute atomic E-state index is 0.0216. The Morgan fingerprint density at radius 3 is 3.11 bits per heavy atom. The highest BCUT2D eigenvalue weighted by molar-refractivity contribution is 5.77. The minimum atomic E-state index is 0.0216. The van der Waals surface area contributed by atoms with E-state index in [0.29, 0.717) is 18.3 Å². The predicted molar refractivity (Wildman–Crippen MR) is 64.1 cm³/mol. The second-order valence-corrected chi connectivity index (χ2v) is 4.54. The van der Waals surface area contributed by atoms with E-state index in [0.717, 1.165) is 25.8 Å². The van der Waals surface area contributed by atoms with Crippen LogP contribution in [0, 0.1) is 0 Å². The number of ether oxygens (including phenoxy) is 1. The summed E-state index contributed by atoms with van der Waals surface area (Å²) in [6.45, 7) is 3.59. The summed E-state index contributed by atoms with van der Waals surface area (Å²) in [4.78, 5) is 13.5. The van der Waals surface area contributed by atoms with Crippen molar-refractivity contribution in [1.29, 1.82) is 0 Å². The third-order valence-corrected chi connectivity index (χ3v) is 3.10. The summed E-state index contributed by atoms with van der Waals surface area (Å²) in [5.41, 5.74) is 0. The number of amides is 1. The van der Waals surface area contributed by atoms with Crippen molar-refractivity contribution in [3.63, 3.8) is 0 Å². The number of likely N-dealkylation sites (tertiary alicyclic amines) is 1. The molecule has 0 aromatic carbocycles. The maximum atomic E-state index is 11.7. The van der Waals surface area contributed by atoms with Crippen LogP contribution < -0.4 is 0 Å². The fraction of sp³-hybridized carbons (Fsp3) is 0.750. The molecule has 0 spiro atoms. The van der Waals surface area contributed by atoms with Gasteiger partial charge in [0.15, 0.2) is 0 Å². The Balaban J connectivity index is 1.93. The van der Waals surface area contributed by atoms with Crippen LogP contribution in [0.25, 0.3) is 0 Å². The van der Waals surface area contributed by atoms with Crippen LogP contribution in [-0.4, -0.2) is 47.8 Å². The summed E-state index contributed by atoms with van der Waals surface area (Å²) in [5, 5.41) is 8.08. The molecule has 0 radical (unpaired) electrons. The monoisotopic (exact) mass is 253 g/mol. The van der Waals surface area contributed by atoms with Crippen LogP contribution in [0.3, 0.4) is 0 Å². The summed E-state index contributed by atoms with van der Waals surface area (Å²) in [6, 6.07) is 0. The van der Waals surface area contributed by atoms with Crippen molar-refractivity contribution in [2.45, 2.75) is 32.1 Å². The van der Waals surface area contributed by atoms with Crippen molar-refractivity contribution < 1.29 is 13.9 Å². The maximum Gasteiger partial charge on any atom is 0.248 e. The number of carbonyl (C=O) groups is 1. The average Bonchev–Trinajstić information content (AvgIpc) is 2.97. The zero-order valence-electron chi connectivity index (χ0n) is 10.9. The Morgan fingerprint density at radius 2 is 2.39 bits per heavy atom. The number of hydrogen-bond donors (Lipinski definition) is 0. The third kappa shape index (κ3) is 2.87. The Bertz CT molecular complexity index is 405. The van der Waals surface area contributed by atoms with Gasteiger partial charge in [-0.15, -0.1) is 10.2 Å². The minimum Gasteiger partial charge on any atom is -0.425 e. The third-order valence-electron chi connectivity index (χ3n) is 3.10. The first kappa shape index (κ1) is 13.0. The first-order chi connectivity index (χ1) is 8.74. The van der Waals surface area contributed by atoms with E-state index in [1.54, 1.807) is 4.90 Å². The van der Waals surface area contributed by atoms with Gasteiger partial charge in [0.2, 0.25) is 17.7 Å². The van der Waals surface area contributed by atoms with E-state index in [2.05, 4.69) is 17.1 Å². The highest BCUT2D eigenvalue weighted by atomic mass is 16.5. The summed E-state index contributed by atoms with van der Waals surface area (Å²) in [6.07, 6.45) is 2.68. The zero-order valence-corrected chi connectivity index (χ0v) is 10.9. The summed E-state index contributed by atoms with van der Waals surface area (Å²) in [7, 11) is 1.53. The molecule has 1 aromatic rings. The fourth-order valence-corrected chi connectivity index (χ4v) is 2.15. The molecule has 1 aromatic heterocycles. The Kier molecular flexibility index (Phi) is 4.30. The van der Waals surface area contributed by atoms with Gasteiger partial charge in [0.25, 0.3) is 0 Å². The van der Waals surface area contributed by atoms with Crippen LogP contribution >= 0.6 is 0 Å². The first-order valence-corrected chi connectivity index (χ1v) is 6.33. The maximum absolute atomic E-state index is 11.7. The van der Waals surface area contributed by atoms with Crippen LogP contribution in [0.15, 0.2) is 4.42 Å². The fourth-order valence-electron chi connectivity index (χ4n) is 2.15. The average molecular weight is 253 g/mol. The topological polar surface area (TPSA) is 68.5 Å². The molecule has 0 saturated carbocycles. The summed E-state index contributed by atoms with van der Waals surface area (Å²) >= 11 is 0. The van der Waals surface area contributed by atoms with Gasteiger partial charge in [0, 0.05) is 26.6 Å². The van der Waals surface area contributed by atoms with E-state index in [-0.39, 0.29) is 18.4 Å². The molecule has 0 unspecified atom stereocenters. The van der Waals surface area contributed by atoms with Crippen molar-refractivity contribution >= 4 is 5.91 Å². The quantitative estimate of drug-likeness (QED) is 0.782. The molecule has 1 amide bonds. The van der Waals surface area contributed by atoms with Gasteiger partial charge in [0.1, 0.15) is 6.61 Å². The summed E-state index contributed by atoms with van der Waals surface area (Å²) < 4.78 is 10.5. The molecule has 100 valence electrons. The number of aryl methyl sites for hydroxylation is 1. The van der Waals surface area contributed by atoms with Crippen molar-refractivity contribution in [2.75, 3.05) is 26.8 Å². The van der Waals surface area contributed by atoms with E-state index >= 15 is 0 Å². The van der Waals surface area contributed by atoms with Crippen LogP contribution in [0.2, 0.25) is 0 Å². The smallest absolute Gasteiger partial charge is 0.248 e. The molecule has 1 saturated heterocycles. The van der Waals surface area contributed by atoms with Crippen LogP contribution in [0.1, 0.15) is 37.5 Å². The van der Waals surface area contributed by atoms with Gasteiger partial charge in [-0.05, 0) is 12.8 Å². The lowest BCUT2D eigenvalue weighted by Crippen LogP contribution is -2.31. The SMILES string of the molecule is CCCc1nnc([C@H]2CCN(C(=O)COC)C2)o1. The Hall–Kier alpha value is -1.43. The normalized spacial score (nSPS) is 19.4. The van der Waals surface area contributed by atoms with Gasteiger partial charge < -0.3 is 14.1 Å². The van der Waals surface area contributed by atoms with E-state index in [4.69, 9.17) is 9.15 Å². The van der Waals surface area contributed by atoms with Crippen LogP contribution in [0.5, 0.6) is 0 Å². The first-order valence-electron chi connectivity index (χ1n) is 6.33. The Labute approximate surface area is 106 Å². The Morgan fingerprint density at radius 1 is 1.56 bits per heavy atom. The molecule has 1 fully saturated rings. The zero-order chi connectivity index (χ0) is 13.0. The molecule has 6 nitrogen and oxygen atoms in total. The van der Waals surface area contributed by atoms with Gasteiger partial charge in [0.05, 0.1) is 5.92 Å². The van der Waals surface area contributed by atoms with Gasteiger partial charge in [-0.1, -0.05) is 6.92 Å². The number of methoxy groups -OCH3 is 1. The van der Waals surface area contributed by atoms with Crippen LogP contribution in [0.4, 0.5) is 0 Å². The number of hydrogen-bond acceptors (Lipinski definition) is 5. The molecule has 1 atom stereocenters. The van der Waals surface area contributed by atoms with Gasteiger partial charge in [-0.2, -0.15) is 0 Å². The lowest BCUT2D eigenvalue weighted by atomic mass is 10.1. The molecular weight excluding hydrogens is 234 g/mol. The molecule has 1 aliphatic rings. The number of carbonyl (C=O) groups excluding carboxylic acids is 1. The largest absolute Gasteiger partial charge is 0.425 e. The lowest BCUT2D eigenvalue weighted by molar-refractivity contribution is -0.134. The molecule has 2 heterocycles. The highest BCUT2D eigenvalue weighted by Gasteiger charge is 2.30. The number of aromatic nitrogens is 2. The van der Waals surface area contributed by atoms with Crippen molar-refractivity contribution in [3.8, 4) is 0 Å². The van der Waals surface area contributed by atoms with Gasteiger partial charge in [-0.3, -0.25) is 4.79 Å². The highest BCUT2D eigenvalue weighted by Crippen LogP contribution is 2.26. The van der Waals surface area contributed by atoms with E-state index in [1.807, 2.05) is 0 Å². The van der Waals surface area contributed by atoms with E-state index in [1.165, 1.54) is 7.11 Å². The molecular formula is C12H19N3O3.